The van der Waals surface area contributed by atoms with Crippen LogP contribution in [0.5, 0.6) is 0 Å². The molecule has 0 amide bonds. The quantitative estimate of drug-likeness (QED) is 0.847. The summed E-state index contributed by atoms with van der Waals surface area (Å²) in [6.07, 6.45) is -0.233. The Labute approximate surface area is 91.2 Å². The summed E-state index contributed by atoms with van der Waals surface area (Å²) in [6, 6.07) is 0. The summed E-state index contributed by atoms with van der Waals surface area (Å²) in [5.41, 5.74) is 5.09. The molecule has 84 valence electrons. The van der Waals surface area contributed by atoms with Crippen molar-refractivity contribution in [1.29, 1.82) is 0 Å². The van der Waals surface area contributed by atoms with Gasteiger partial charge in [-0.2, -0.15) is 5.10 Å². The van der Waals surface area contributed by atoms with Crippen LogP contribution in [0.4, 0.5) is 8.78 Å². The second kappa shape index (κ2) is 2.92. The van der Waals surface area contributed by atoms with Gasteiger partial charge in [-0.1, -0.05) is 11.6 Å². The Bertz CT molecular complexity index is 416. The Morgan fingerprint density at radius 3 is 2.40 bits per heavy atom. The predicted octanol–water partition coefficient (Wildman–Crippen LogP) is 1.62. The smallest absolute Gasteiger partial charge is 0.260 e. The van der Waals surface area contributed by atoms with Gasteiger partial charge in [0.15, 0.2) is 0 Å². The van der Waals surface area contributed by atoms with Gasteiger partial charge in [0.1, 0.15) is 5.15 Å². The fourth-order valence-electron chi connectivity index (χ4n) is 2.10. The van der Waals surface area contributed by atoms with Crippen molar-refractivity contribution in [2.24, 2.45) is 12.8 Å². The van der Waals surface area contributed by atoms with E-state index in [0.29, 0.717) is 11.3 Å². The van der Waals surface area contributed by atoms with Crippen LogP contribution in [-0.4, -0.2) is 22.2 Å². The van der Waals surface area contributed by atoms with Gasteiger partial charge in [-0.05, 0) is 6.92 Å². The Morgan fingerprint density at radius 1 is 1.60 bits per heavy atom. The molecule has 1 aromatic heterocycles. The van der Waals surface area contributed by atoms with Crippen molar-refractivity contribution < 1.29 is 8.78 Å². The Kier molecular flexibility index (Phi) is 2.11. The van der Waals surface area contributed by atoms with Crippen molar-refractivity contribution in [3.05, 3.63) is 16.4 Å². The number of rotatable bonds is 2. The zero-order valence-corrected chi connectivity index (χ0v) is 9.28. The lowest BCUT2D eigenvalue weighted by molar-refractivity contribution is 0.0894. The number of hydrogen-bond donors (Lipinski definition) is 1. The van der Waals surface area contributed by atoms with Crippen LogP contribution in [0.25, 0.3) is 0 Å². The van der Waals surface area contributed by atoms with Gasteiger partial charge in [-0.15, -0.1) is 0 Å². The molecule has 1 heterocycles. The molecule has 1 fully saturated rings. The van der Waals surface area contributed by atoms with E-state index in [1.807, 2.05) is 0 Å². The molecule has 0 bridgehead atoms. The van der Waals surface area contributed by atoms with Gasteiger partial charge in [0.25, 0.3) is 5.92 Å². The van der Waals surface area contributed by atoms with E-state index in [4.69, 9.17) is 17.3 Å². The van der Waals surface area contributed by atoms with Gasteiger partial charge >= 0.3 is 0 Å². The fraction of sp³-hybridized carbons (Fsp3) is 0.667. The molecule has 0 aliphatic heterocycles. The van der Waals surface area contributed by atoms with Crippen molar-refractivity contribution in [3.8, 4) is 0 Å². The predicted molar refractivity (Wildman–Crippen MR) is 53.3 cm³/mol. The molecule has 1 aromatic rings. The van der Waals surface area contributed by atoms with E-state index >= 15 is 0 Å². The lowest BCUT2D eigenvalue weighted by Gasteiger charge is -2.13. The molecule has 0 radical (unpaired) electrons. The first kappa shape index (κ1) is 10.8. The number of aryl methyl sites for hydroxylation is 2. The van der Waals surface area contributed by atoms with E-state index in [9.17, 15) is 8.78 Å². The second-order valence-corrected chi connectivity index (χ2v) is 4.40. The zero-order chi connectivity index (χ0) is 11.4. The summed E-state index contributed by atoms with van der Waals surface area (Å²) >= 11 is 5.96. The number of nitrogens with two attached hydrogens (primary N) is 1. The molecule has 0 saturated heterocycles. The highest BCUT2D eigenvalue weighted by Gasteiger charge is 2.72. The van der Waals surface area contributed by atoms with Crippen molar-refractivity contribution in [2.45, 2.75) is 24.7 Å². The minimum Gasteiger partial charge on any atom is -0.329 e. The number of nitrogens with zero attached hydrogens (tertiary/aromatic N) is 2. The van der Waals surface area contributed by atoms with Crippen LogP contribution in [0.3, 0.4) is 0 Å². The zero-order valence-electron chi connectivity index (χ0n) is 8.52. The normalized spacial score (nSPS) is 28.1. The first-order valence-electron chi connectivity index (χ1n) is 4.63. The van der Waals surface area contributed by atoms with E-state index in [1.54, 1.807) is 14.0 Å². The first-order chi connectivity index (χ1) is 6.85. The maximum Gasteiger partial charge on any atom is 0.260 e. The average molecular weight is 236 g/mol. The lowest BCUT2D eigenvalue weighted by atomic mass is 9.96. The number of hydrogen-bond acceptors (Lipinski definition) is 2. The Hall–Kier alpha value is -0.680. The van der Waals surface area contributed by atoms with Crippen LogP contribution in [0.2, 0.25) is 5.15 Å². The molecule has 0 aromatic carbocycles. The molecule has 6 heteroatoms. The van der Waals surface area contributed by atoms with Gasteiger partial charge in [0, 0.05) is 25.6 Å². The minimum atomic E-state index is -2.75. The lowest BCUT2D eigenvalue weighted by Crippen LogP contribution is -2.27. The topological polar surface area (TPSA) is 43.8 Å². The SMILES string of the molecule is Cc1nn(C)c(Cl)c1C1(CN)CC1(F)F. The molecule has 0 spiro atoms. The van der Waals surface area contributed by atoms with Gasteiger partial charge in [0.05, 0.1) is 11.1 Å². The van der Waals surface area contributed by atoms with E-state index in [0.717, 1.165) is 0 Å². The highest BCUT2D eigenvalue weighted by molar-refractivity contribution is 6.30. The summed E-state index contributed by atoms with van der Waals surface area (Å²) in [4.78, 5) is 0. The van der Waals surface area contributed by atoms with Crippen molar-refractivity contribution >= 4 is 11.6 Å². The molecule has 15 heavy (non-hydrogen) atoms. The standard InChI is InChI=1S/C9H12ClF2N3/c1-5-6(7(10)15(2)14-5)8(4-13)3-9(8,11)12/h3-4,13H2,1-2H3. The monoisotopic (exact) mass is 235 g/mol. The van der Waals surface area contributed by atoms with E-state index < -0.39 is 11.3 Å². The Balaban J connectivity index is 2.55. The summed E-state index contributed by atoms with van der Waals surface area (Å²) in [5, 5.41) is 4.29. The summed E-state index contributed by atoms with van der Waals surface area (Å²) in [6.45, 7) is 1.57. The molecule has 2 rings (SSSR count). The van der Waals surface area contributed by atoms with E-state index in [1.165, 1.54) is 4.68 Å². The van der Waals surface area contributed by atoms with Gasteiger partial charge in [0.2, 0.25) is 0 Å². The molecule has 1 unspecified atom stereocenters. The largest absolute Gasteiger partial charge is 0.329 e. The third kappa shape index (κ3) is 1.23. The summed E-state index contributed by atoms with van der Waals surface area (Å²) < 4.78 is 28.1. The molecular formula is C9H12ClF2N3. The third-order valence-corrected chi connectivity index (χ3v) is 3.51. The molecule has 1 aliphatic carbocycles. The fourth-order valence-corrected chi connectivity index (χ4v) is 2.46. The molecule has 3 nitrogen and oxygen atoms in total. The van der Waals surface area contributed by atoms with Crippen molar-refractivity contribution in [3.63, 3.8) is 0 Å². The van der Waals surface area contributed by atoms with Crippen LogP contribution >= 0.6 is 11.6 Å². The maximum atomic E-state index is 13.3. The molecule has 1 saturated carbocycles. The number of alkyl halides is 2. The average Bonchev–Trinajstić information content (AvgIpc) is 2.59. The van der Waals surface area contributed by atoms with Crippen LogP contribution in [0.15, 0.2) is 0 Å². The van der Waals surface area contributed by atoms with E-state index in [-0.39, 0.29) is 18.1 Å². The van der Waals surface area contributed by atoms with Crippen molar-refractivity contribution in [2.75, 3.05) is 6.54 Å². The van der Waals surface area contributed by atoms with Gasteiger partial charge < -0.3 is 5.73 Å². The molecular weight excluding hydrogens is 224 g/mol. The Morgan fingerprint density at radius 2 is 2.13 bits per heavy atom. The van der Waals surface area contributed by atoms with Crippen LogP contribution in [-0.2, 0) is 12.5 Å². The van der Waals surface area contributed by atoms with Crippen LogP contribution in [0.1, 0.15) is 17.7 Å². The van der Waals surface area contributed by atoms with E-state index in [2.05, 4.69) is 5.10 Å². The summed E-state index contributed by atoms with van der Waals surface area (Å²) in [5.74, 6) is -2.75. The first-order valence-corrected chi connectivity index (χ1v) is 5.01. The number of halogens is 3. The van der Waals surface area contributed by atoms with Crippen LogP contribution in [0, 0.1) is 6.92 Å². The highest BCUT2D eigenvalue weighted by Crippen LogP contribution is 2.62. The third-order valence-electron chi connectivity index (χ3n) is 3.08. The second-order valence-electron chi connectivity index (χ2n) is 4.04. The van der Waals surface area contributed by atoms with Gasteiger partial charge in [-0.25, -0.2) is 8.78 Å². The van der Waals surface area contributed by atoms with Crippen LogP contribution < -0.4 is 5.73 Å². The van der Waals surface area contributed by atoms with Gasteiger partial charge in [-0.3, -0.25) is 4.68 Å². The van der Waals surface area contributed by atoms with Crippen molar-refractivity contribution in [1.82, 2.24) is 9.78 Å². The highest BCUT2D eigenvalue weighted by atomic mass is 35.5. The molecule has 1 atom stereocenters. The maximum absolute atomic E-state index is 13.3. The minimum absolute atomic E-state index is 0.105. The molecule has 2 N–H and O–H groups in total. The molecule has 1 aliphatic rings. The summed E-state index contributed by atoms with van der Waals surface area (Å²) in [7, 11) is 1.63. The number of aromatic nitrogens is 2.